The predicted molar refractivity (Wildman–Crippen MR) is 65.3 cm³/mol. The maximum Gasteiger partial charge on any atom is 0.295 e. The SMILES string of the molecule is CN(CC1CCOC1)c1ccc(F)cc1[N+](=O)[O-]. The van der Waals surface area contributed by atoms with Crippen molar-refractivity contribution < 1.29 is 14.1 Å². The maximum atomic E-state index is 13.0. The number of hydrogen-bond acceptors (Lipinski definition) is 4. The van der Waals surface area contributed by atoms with E-state index in [1.54, 1.807) is 11.9 Å². The molecule has 0 N–H and O–H groups in total. The lowest BCUT2D eigenvalue weighted by Crippen LogP contribution is -2.26. The number of ether oxygens (including phenoxy) is 1. The quantitative estimate of drug-likeness (QED) is 0.610. The van der Waals surface area contributed by atoms with Crippen LogP contribution < -0.4 is 4.90 Å². The van der Waals surface area contributed by atoms with Crippen LogP contribution in [0.1, 0.15) is 6.42 Å². The molecule has 1 aromatic rings. The van der Waals surface area contributed by atoms with Crippen molar-refractivity contribution in [2.75, 3.05) is 31.7 Å². The van der Waals surface area contributed by atoms with Crippen molar-refractivity contribution in [1.29, 1.82) is 0 Å². The summed E-state index contributed by atoms with van der Waals surface area (Å²) in [6.07, 6.45) is 0.958. The molecular formula is C12H15FN2O3. The second-order valence-electron chi connectivity index (χ2n) is 4.50. The van der Waals surface area contributed by atoms with Crippen molar-refractivity contribution in [3.8, 4) is 0 Å². The van der Waals surface area contributed by atoms with Gasteiger partial charge in [-0.3, -0.25) is 10.1 Å². The Morgan fingerprint density at radius 1 is 1.61 bits per heavy atom. The van der Waals surface area contributed by atoms with Gasteiger partial charge in [-0.25, -0.2) is 4.39 Å². The fourth-order valence-electron chi connectivity index (χ4n) is 2.18. The van der Waals surface area contributed by atoms with Crippen molar-refractivity contribution >= 4 is 11.4 Å². The summed E-state index contributed by atoms with van der Waals surface area (Å²) in [4.78, 5) is 12.1. The van der Waals surface area contributed by atoms with Crippen LogP contribution in [0.4, 0.5) is 15.8 Å². The van der Waals surface area contributed by atoms with Crippen LogP contribution in [0.25, 0.3) is 0 Å². The summed E-state index contributed by atoms with van der Waals surface area (Å²) in [6, 6.07) is 3.64. The van der Waals surface area contributed by atoms with E-state index < -0.39 is 10.7 Å². The van der Waals surface area contributed by atoms with Gasteiger partial charge in [-0.2, -0.15) is 0 Å². The summed E-state index contributed by atoms with van der Waals surface area (Å²) < 4.78 is 18.3. The number of nitrogens with zero attached hydrogens (tertiary/aromatic N) is 2. The first-order valence-corrected chi connectivity index (χ1v) is 5.80. The number of hydrogen-bond donors (Lipinski definition) is 0. The van der Waals surface area contributed by atoms with Gasteiger partial charge < -0.3 is 9.64 Å². The first-order valence-electron chi connectivity index (χ1n) is 5.80. The van der Waals surface area contributed by atoms with Gasteiger partial charge in [-0.1, -0.05) is 0 Å². The van der Waals surface area contributed by atoms with Crippen LogP contribution in [-0.4, -0.2) is 31.7 Å². The summed E-state index contributed by atoms with van der Waals surface area (Å²) in [5, 5.41) is 10.9. The summed E-state index contributed by atoms with van der Waals surface area (Å²) in [5.74, 6) is -0.220. The van der Waals surface area contributed by atoms with Crippen LogP contribution in [-0.2, 0) is 4.74 Å². The van der Waals surface area contributed by atoms with Gasteiger partial charge in [-0.15, -0.1) is 0 Å². The molecule has 5 nitrogen and oxygen atoms in total. The van der Waals surface area contributed by atoms with E-state index in [2.05, 4.69) is 0 Å². The molecule has 0 radical (unpaired) electrons. The molecule has 18 heavy (non-hydrogen) atoms. The fraction of sp³-hybridized carbons (Fsp3) is 0.500. The molecule has 1 fully saturated rings. The average molecular weight is 254 g/mol. The molecule has 0 spiro atoms. The highest BCUT2D eigenvalue weighted by Crippen LogP contribution is 2.29. The van der Waals surface area contributed by atoms with Gasteiger partial charge in [-0.05, 0) is 18.6 Å². The Labute approximate surface area is 104 Å². The molecule has 98 valence electrons. The number of nitro benzene ring substituents is 1. The highest BCUT2D eigenvalue weighted by Gasteiger charge is 2.22. The third-order valence-corrected chi connectivity index (χ3v) is 3.10. The highest BCUT2D eigenvalue weighted by atomic mass is 19.1. The lowest BCUT2D eigenvalue weighted by atomic mass is 10.1. The Bertz CT molecular complexity index is 447. The van der Waals surface area contributed by atoms with E-state index in [9.17, 15) is 14.5 Å². The zero-order valence-electron chi connectivity index (χ0n) is 10.1. The molecule has 2 rings (SSSR count). The minimum Gasteiger partial charge on any atom is -0.381 e. The second-order valence-corrected chi connectivity index (χ2v) is 4.50. The Balaban J connectivity index is 2.17. The predicted octanol–water partition coefficient (Wildman–Crippen LogP) is 2.21. The van der Waals surface area contributed by atoms with Gasteiger partial charge in [0.1, 0.15) is 11.5 Å². The second kappa shape index (κ2) is 5.30. The molecule has 0 bridgehead atoms. The Hall–Kier alpha value is -1.69. The number of rotatable bonds is 4. The largest absolute Gasteiger partial charge is 0.381 e. The molecule has 6 heteroatoms. The van der Waals surface area contributed by atoms with E-state index in [4.69, 9.17) is 4.74 Å². The lowest BCUT2D eigenvalue weighted by Gasteiger charge is -2.22. The van der Waals surface area contributed by atoms with E-state index in [1.807, 2.05) is 0 Å². The molecule has 1 saturated heterocycles. The molecule has 1 aliphatic rings. The lowest BCUT2D eigenvalue weighted by molar-refractivity contribution is -0.384. The van der Waals surface area contributed by atoms with Crippen molar-refractivity contribution in [3.05, 3.63) is 34.1 Å². The third-order valence-electron chi connectivity index (χ3n) is 3.10. The van der Waals surface area contributed by atoms with E-state index in [0.29, 0.717) is 24.8 Å². The van der Waals surface area contributed by atoms with E-state index in [-0.39, 0.29) is 5.69 Å². The molecule has 0 aromatic heterocycles. The standard InChI is InChI=1S/C12H15FN2O3/c1-14(7-9-4-5-18-8-9)11-3-2-10(13)6-12(11)15(16)17/h2-3,6,9H,4-5,7-8H2,1H3. The molecule has 0 aliphatic carbocycles. The minimum absolute atomic E-state index is 0.198. The smallest absolute Gasteiger partial charge is 0.295 e. The fourth-order valence-corrected chi connectivity index (χ4v) is 2.18. The van der Waals surface area contributed by atoms with Crippen molar-refractivity contribution in [2.45, 2.75) is 6.42 Å². The van der Waals surface area contributed by atoms with Gasteiger partial charge in [0.25, 0.3) is 5.69 Å². The zero-order valence-corrected chi connectivity index (χ0v) is 10.1. The Morgan fingerprint density at radius 3 is 3.00 bits per heavy atom. The number of benzene rings is 1. The van der Waals surface area contributed by atoms with E-state index in [1.165, 1.54) is 12.1 Å². The molecule has 0 amide bonds. The van der Waals surface area contributed by atoms with Crippen LogP contribution in [0.2, 0.25) is 0 Å². The van der Waals surface area contributed by atoms with Crippen LogP contribution in [0.5, 0.6) is 0 Å². The molecule has 1 atom stereocenters. The third kappa shape index (κ3) is 2.76. The van der Waals surface area contributed by atoms with Crippen LogP contribution in [0, 0.1) is 21.8 Å². The molecule has 0 saturated carbocycles. The Kier molecular flexibility index (Phi) is 3.76. The van der Waals surface area contributed by atoms with Gasteiger partial charge in [0.2, 0.25) is 0 Å². The normalized spacial score (nSPS) is 18.9. The zero-order chi connectivity index (χ0) is 13.1. The monoisotopic (exact) mass is 254 g/mol. The summed E-state index contributed by atoms with van der Waals surface area (Å²) >= 11 is 0. The van der Waals surface area contributed by atoms with Gasteiger partial charge >= 0.3 is 0 Å². The van der Waals surface area contributed by atoms with Gasteiger partial charge in [0.15, 0.2) is 0 Å². The summed E-state index contributed by atoms with van der Waals surface area (Å²) in [7, 11) is 1.78. The number of nitro groups is 1. The van der Waals surface area contributed by atoms with E-state index in [0.717, 1.165) is 19.1 Å². The molecule has 1 heterocycles. The highest BCUT2D eigenvalue weighted by molar-refractivity contribution is 5.62. The summed E-state index contributed by atoms with van der Waals surface area (Å²) in [5.41, 5.74) is 0.240. The molecule has 1 aliphatic heterocycles. The van der Waals surface area contributed by atoms with Crippen LogP contribution in [0.15, 0.2) is 18.2 Å². The maximum absolute atomic E-state index is 13.0. The molecular weight excluding hydrogens is 239 g/mol. The molecule has 1 unspecified atom stereocenters. The molecule has 1 aromatic carbocycles. The van der Waals surface area contributed by atoms with Crippen LogP contribution >= 0.6 is 0 Å². The van der Waals surface area contributed by atoms with Gasteiger partial charge in [0.05, 0.1) is 17.6 Å². The Morgan fingerprint density at radius 2 is 2.39 bits per heavy atom. The summed E-state index contributed by atoms with van der Waals surface area (Å²) in [6.45, 7) is 2.09. The van der Waals surface area contributed by atoms with Crippen molar-refractivity contribution in [2.24, 2.45) is 5.92 Å². The number of anilines is 1. The van der Waals surface area contributed by atoms with Gasteiger partial charge in [0, 0.05) is 26.1 Å². The first-order chi connectivity index (χ1) is 8.58. The first kappa shape index (κ1) is 12.8. The topological polar surface area (TPSA) is 55.6 Å². The number of halogens is 1. The van der Waals surface area contributed by atoms with Crippen molar-refractivity contribution in [1.82, 2.24) is 0 Å². The minimum atomic E-state index is -0.594. The van der Waals surface area contributed by atoms with Crippen molar-refractivity contribution in [3.63, 3.8) is 0 Å². The van der Waals surface area contributed by atoms with E-state index >= 15 is 0 Å². The van der Waals surface area contributed by atoms with Crippen LogP contribution in [0.3, 0.4) is 0 Å². The average Bonchev–Trinajstić information content (AvgIpc) is 2.81.